The lowest BCUT2D eigenvalue weighted by Gasteiger charge is -2.33. The van der Waals surface area contributed by atoms with E-state index < -0.39 is 11.6 Å². The van der Waals surface area contributed by atoms with E-state index in [2.05, 4.69) is 27.5 Å². The van der Waals surface area contributed by atoms with Gasteiger partial charge in [-0.15, -0.1) is 0 Å². The molecular formula is C34H32ClN5O5. The first-order valence-electron chi connectivity index (χ1n) is 14.0. The molecule has 8 N–H and O–H groups in total. The zero-order valence-electron chi connectivity index (χ0n) is 24.2. The molecule has 1 aliphatic carbocycles. The summed E-state index contributed by atoms with van der Waals surface area (Å²) in [7, 11) is 0. The molecule has 4 aromatic rings. The summed E-state index contributed by atoms with van der Waals surface area (Å²) in [6.07, 6.45) is 3.99. The van der Waals surface area contributed by atoms with Crippen molar-refractivity contribution in [3.05, 3.63) is 118 Å². The molecule has 0 saturated heterocycles. The van der Waals surface area contributed by atoms with Crippen LogP contribution in [-0.2, 0) is 0 Å². The number of anilines is 3. The molecule has 0 unspecified atom stereocenters. The van der Waals surface area contributed by atoms with E-state index in [-0.39, 0.29) is 23.4 Å². The molecular weight excluding hydrogens is 594 g/mol. The number of halogens is 1. The van der Waals surface area contributed by atoms with Crippen LogP contribution in [0.2, 0.25) is 5.02 Å². The van der Waals surface area contributed by atoms with Gasteiger partial charge in [-0.05, 0) is 98.1 Å². The second-order valence-corrected chi connectivity index (χ2v) is 10.9. The lowest BCUT2D eigenvalue weighted by Crippen LogP contribution is -2.45. The molecule has 5 rings (SSSR count). The van der Waals surface area contributed by atoms with Crippen molar-refractivity contribution in [3.8, 4) is 11.8 Å². The molecule has 0 radical (unpaired) electrons. The maximum atomic E-state index is 12.3. The number of pyridine rings is 1. The van der Waals surface area contributed by atoms with Gasteiger partial charge >= 0.3 is 5.97 Å². The van der Waals surface area contributed by atoms with E-state index in [0.717, 1.165) is 18.4 Å². The SMILES string of the molecule is Nc1ccc(C(=O)N[C@H]2CCC[C@@](O)(C#Cc3cccc(Cl)c3)C2)cn1.Nc1ccc(C(=O)Nc2ccc(C(=O)O)cc2)cc1. The zero-order valence-corrected chi connectivity index (χ0v) is 24.9. The van der Waals surface area contributed by atoms with Gasteiger partial charge in [0.1, 0.15) is 11.4 Å². The third-order valence-electron chi connectivity index (χ3n) is 6.94. The number of aromatic carboxylic acids is 1. The van der Waals surface area contributed by atoms with Crippen LogP contribution in [0.4, 0.5) is 17.2 Å². The average molecular weight is 626 g/mol. The second-order valence-electron chi connectivity index (χ2n) is 10.5. The fourth-order valence-electron chi connectivity index (χ4n) is 4.59. The van der Waals surface area contributed by atoms with Crippen molar-refractivity contribution in [1.82, 2.24) is 10.3 Å². The van der Waals surface area contributed by atoms with E-state index in [0.29, 0.717) is 46.2 Å². The quantitative estimate of drug-likeness (QED) is 0.132. The van der Waals surface area contributed by atoms with E-state index in [4.69, 9.17) is 28.2 Å². The first-order valence-corrected chi connectivity index (χ1v) is 14.4. The van der Waals surface area contributed by atoms with Crippen LogP contribution in [-0.4, -0.2) is 44.6 Å². The van der Waals surface area contributed by atoms with Gasteiger partial charge < -0.3 is 32.3 Å². The molecule has 11 heteroatoms. The predicted octanol–water partition coefficient (Wildman–Crippen LogP) is 4.99. The van der Waals surface area contributed by atoms with Crippen LogP contribution in [0.3, 0.4) is 0 Å². The monoisotopic (exact) mass is 625 g/mol. The fourth-order valence-corrected chi connectivity index (χ4v) is 4.78. The highest BCUT2D eigenvalue weighted by Crippen LogP contribution is 2.28. The number of amides is 2. The van der Waals surface area contributed by atoms with E-state index in [1.165, 1.54) is 18.3 Å². The van der Waals surface area contributed by atoms with Crippen LogP contribution < -0.4 is 22.1 Å². The topological polar surface area (TPSA) is 181 Å². The maximum Gasteiger partial charge on any atom is 0.335 e. The fraction of sp³-hybridized carbons (Fsp3) is 0.176. The minimum Gasteiger partial charge on any atom is -0.478 e. The number of nitrogens with one attached hydrogen (secondary N) is 2. The lowest BCUT2D eigenvalue weighted by molar-refractivity contribution is 0.0452. The normalized spacial score (nSPS) is 17.0. The van der Waals surface area contributed by atoms with Gasteiger partial charge in [0.2, 0.25) is 0 Å². The molecule has 2 amide bonds. The molecule has 0 bridgehead atoms. The Morgan fingerprint density at radius 1 is 0.911 bits per heavy atom. The van der Waals surface area contributed by atoms with Crippen molar-refractivity contribution >= 4 is 46.6 Å². The van der Waals surface area contributed by atoms with Crippen LogP contribution in [0.25, 0.3) is 0 Å². The van der Waals surface area contributed by atoms with E-state index in [1.54, 1.807) is 60.7 Å². The Labute approximate surface area is 265 Å². The molecule has 1 saturated carbocycles. The van der Waals surface area contributed by atoms with Crippen LogP contribution in [0.15, 0.2) is 91.1 Å². The molecule has 45 heavy (non-hydrogen) atoms. The van der Waals surface area contributed by atoms with Crippen molar-refractivity contribution in [2.24, 2.45) is 0 Å². The van der Waals surface area contributed by atoms with E-state index in [9.17, 15) is 19.5 Å². The molecule has 1 fully saturated rings. The van der Waals surface area contributed by atoms with Crippen LogP contribution in [0.5, 0.6) is 0 Å². The summed E-state index contributed by atoms with van der Waals surface area (Å²) in [5, 5.41) is 25.8. The molecule has 1 heterocycles. The van der Waals surface area contributed by atoms with Gasteiger partial charge in [-0.1, -0.05) is 29.5 Å². The Morgan fingerprint density at radius 2 is 1.60 bits per heavy atom. The summed E-state index contributed by atoms with van der Waals surface area (Å²) in [5.74, 6) is 4.81. The molecule has 1 aromatic heterocycles. The molecule has 0 aliphatic heterocycles. The van der Waals surface area contributed by atoms with Gasteiger partial charge in [0.25, 0.3) is 11.8 Å². The Hall–Kier alpha value is -5.37. The van der Waals surface area contributed by atoms with Crippen LogP contribution in [0.1, 0.15) is 62.3 Å². The Kier molecular flexibility index (Phi) is 10.8. The number of aliphatic hydroxyl groups is 1. The predicted molar refractivity (Wildman–Crippen MR) is 174 cm³/mol. The number of aromatic nitrogens is 1. The summed E-state index contributed by atoms with van der Waals surface area (Å²) >= 11 is 5.96. The zero-order chi connectivity index (χ0) is 32.4. The molecule has 2 atom stereocenters. The second kappa shape index (κ2) is 14.9. The number of rotatable bonds is 5. The van der Waals surface area contributed by atoms with Crippen molar-refractivity contribution in [2.45, 2.75) is 37.3 Å². The Balaban J connectivity index is 0.000000215. The number of carboxylic acids is 1. The third-order valence-corrected chi connectivity index (χ3v) is 7.17. The first kappa shape index (κ1) is 32.5. The number of nitrogens with zero attached hydrogens (tertiary/aromatic N) is 1. The molecule has 10 nitrogen and oxygen atoms in total. The summed E-state index contributed by atoms with van der Waals surface area (Å²) in [5.41, 5.74) is 12.9. The maximum absolute atomic E-state index is 12.3. The number of hydrogen-bond acceptors (Lipinski definition) is 7. The number of carboxylic acid groups (broad SMARTS) is 1. The van der Waals surface area contributed by atoms with Crippen molar-refractivity contribution in [3.63, 3.8) is 0 Å². The van der Waals surface area contributed by atoms with Crippen molar-refractivity contribution in [1.29, 1.82) is 0 Å². The minimum absolute atomic E-state index is 0.146. The third kappa shape index (κ3) is 9.83. The number of nitrogen functional groups attached to an aromatic ring is 2. The van der Waals surface area contributed by atoms with Gasteiger partial charge in [-0.2, -0.15) is 0 Å². The van der Waals surface area contributed by atoms with Crippen LogP contribution >= 0.6 is 11.6 Å². The van der Waals surface area contributed by atoms with Crippen LogP contribution in [0, 0.1) is 11.8 Å². The largest absolute Gasteiger partial charge is 0.478 e. The summed E-state index contributed by atoms with van der Waals surface area (Å²) < 4.78 is 0. The van der Waals surface area contributed by atoms with Gasteiger partial charge in [0.15, 0.2) is 0 Å². The Morgan fingerprint density at radius 3 is 2.24 bits per heavy atom. The number of hydrogen-bond donors (Lipinski definition) is 6. The highest BCUT2D eigenvalue weighted by molar-refractivity contribution is 6.30. The number of benzene rings is 3. The number of carbonyl (C=O) groups is 3. The smallest absolute Gasteiger partial charge is 0.335 e. The van der Waals surface area contributed by atoms with Gasteiger partial charge in [-0.25, -0.2) is 9.78 Å². The van der Waals surface area contributed by atoms with Gasteiger partial charge in [0.05, 0.1) is 11.1 Å². The standard InChI is InChI=1S/C20H20ClN3O2.C14H12N2O3/c21-16-4-1-3-14(11-16)8-10-20(26)9-2-5-17(12-20)24-19(25)15-6-7-18(22)23-13-15;15-11-5-1-9(2-6-11)13(17)16-12-7-3-10(4-8-12)14(18)19/h1,3-4,6-7,11,13,17,26H,2,5,9,12H2,(H2,22,23)(H,24,25);1-8H,15H2,(H,16,17)(H,18,19)/t17-,20+;/m0./s1. The first-order chi connectivity index (χ1) is 21.5. The van der Waals surface area contributed by atoms with Gasteiger partial charge in [0, 0.05) is 46.2 Å². The molecule has 3 aromatic carbocycles. The van der Waals surface area contributed by atoms with E-state index >= 15 is 0 Å². The Bertz CT molecular complexity index is 1720. The lowest BCUT2D eigenvalue weighted by atomic mass is 9.82. The highest BCUT2D eigenvalue weighted by Gasteiger charge is 2.33. The number of carbonyl (C=O) groups excluding carboxylic acids is 2. The average Bonchev–Trinajstić information content (AvgIpc) is 3.01. The summed E-state index contributed by atoms with van der Waals surface area (Å²) in [6.45, 7) is 0. The van der Waals surface area contributed by atoms with Crippen molar-refractivity contribution < 1.29 is 24.6 Å². The number of nitrogens with two attached hydrogens (primary N) is 2. The minimum atomic E-state index is -1.13. The van der Waals surface area contributed by atoms with Gasteiger partial charge in [-0.3, -0.25) is 9.59 Å². The highest BCUT2D eigenvalue weighted by atomic mass is 35.5. The molecule has 230 valence electrons. The van der Waals surface area contributed by atoms with Crippen molar-refractivity contribution in [2.75, 3.05) is 16.8 Å². The molecule has 0 spiro atoms. The van der Waals surface area contributed by atoms with E-state index in [1.807, 2.05) is 12.1 Å². The summed E-state index contributed by atoms with van der Waals surface area (Å²) in [6, 6.07) is 22.7. The summed E-state index contributed by atoms with van der Waals surface area (Å²) in [4.78, 5) is 38.8. The molecule has 1 aliphatic rings.